The van der Waals surface area contributed by atoms with Crippen molar-refractivity contribution in [2.45, 2.75) is 33.6 Å². The fourth-order valence-electron chi connectivity index (χ4n) is 3.42. The quantitative estimate of drug-likeness (QED) is 0.653. The Labute approximate surface area is 154 Å². The number of primary amides is 1. The number of nitrogens with two attached hydrogens (primary N) is 2. The molecule has 3 aromatic rings. The van der Waals surface area contributed by atoms with E-state index in [1.165, 1.54) is 17.5 Å². The van der Waals surface area contributed by atoms with Crippen LogP contribution < -0.4 is 11.5 Å². The summed E-state index contributed by atoms with van der Waals surface area (Å²) in [4.78, 5) is 12.0. The Kier molecular flexibility index (Phi) is 4.09. The molecular weight excluding hydrogens is 354 g/mol. The summed E-state index contributed by atoms with van der Waals surface area (Å²) >= 11 is 0. The number of aromatic nitrogens is 2. The van der Waals surface area contributed by atoms with Crippen LogP contribution in [0.15, 0.2) is 18.2 Å². The maximum absolute atomic E-state index is 14.0. The first-order valence-corrected chi connectivity index (χ1v) is 8.24. The van der Waals surface area contributed by atoms with Crippen LogP contribution in [0.3, 0.4) is 0 Å². The van der Waals surface area contributed by atoms with Gasteiger partial charge in [0.05, 0.1) is 28.2 Å². The topological polar surface area (TPSA) is 107 Å². The number of alkyl halides is 2. The first kappa shape index (κ1) is 18.6. The number of aryl methyl sites for hydroxylation is 2. The van der Waals surface area contributed by atoms with Crippen molar-refractivity contribution in [1.29, 1.82) is 0 Å². The lowest BCUT2D eigenvalue weighted by atomic mass is 9.98. The van der Waals surface area contributed by atoms with Crippen LogP contribution in [0.4, 0.5) is 14.5 Å². The monoisotopic (exact) mass is 374 g/mol. The van der Waals surface area contributed by atoms with Crippen molar-refractivity contribution < 1.29 is 18.7 Å². The Balaban J connectivity index is 2.53. The Bertz CT molecular complexity index is 1100. The number of hydrogen-bond acceptors (Lipinski definition) is 4. The number of phenolic OH excluding ortho intramolecular Hbond substituents is 1. The van der Waals surface area contributed by atoms with Crippen molar-refractivity contribution in [1.82, 2.24) is 9.61 Å². The van der Waals surface area contributed by atoms with Crippen molar-refractivity contribution >= 4 is 17.1 Å². The number of anilines is 1. The van der Waals surface area contributed by atoms with E-state index in [0.717, 1.165) is 12.5 Å². The number of nitrogen functional groups attached to an aromatic ring is 1. The van der Waals surface area contributed by atoms with E-state index in [0.29, 0.717) is 16.8 Å². The lowest BCUT2D eigenvalue weighted by molar-refractivity contribution is 0.0163. The van der Waals surface area contributed by atoms with Crippen molar-refractivity contribution in [2.75, 3.05) is 5.73 Å². The van der Waals surface area contributed by atoms with Gasteiger partial charge >= 0.3 is 0 Å². The van der Waals surface area contributed by atoms with E-state index in [-0.39, 0.29) is 33.8 Å². The molecule has 8 heteroatoms. The van der Waals surface area contributed by atoms with Crippen LogP contribution in [0.2, 0.25) is 0 Å². The fraction of sp³-hybridized carbons (Fsp3) is 0.263. The molecule has 5 N–H and O–H groups in total. The Hall–Kier alpha value is -3.16. The van der Waals surface area contributed by atoms with E-state index < -0.39 is 11.8 Å². The number of fused-ring (bicyclic) bond motifs is 1. The largest absolute Gasteiger partial charge is 0.508 e. The summed E-state index contributed by atoms with van der Waals surface area (Å²) in [6.45, 7) is 5.72. The summed E-state index contributed by atoms with van der Waals surface area (Å²) < 4.78 is 29.3. The van der Waals surface area contributed by atoms with Crippen molar-refractivity contribution in [3.63, 3.8) is 0 Å². The number of carbonyl (C=O) groups is 1. The van der Waals surface area contributed by atoms with E-state index in [1.54, 1.807) is 19.1 Å². The highest BCUT2D eigenvalue weighted by Gasteiger charge is 2.31. The molecule has 0 aliphatic rings. The number of hydrogen-bond donors (Lipinski definition) is 3. The van der Waals surface area contributed by atoms with Gasteiger partial charge in [-0.05, 0) is 38.5 Å². The van der Waals surface area contributed by atoms with Crippen LogP contribution in [0.1, 0.15) is 39.7 Å². The molecule has 3 rings (SSSR count). The molecule has 0 aliphatic carbocycles. The summed E-state index contributed by atoms with van der Waals surface area (Å²) in [5, 5.41) is 14.4. The van der Waals surface area contributed by atoms with E-state index in [2.05, 4.69) is 5.10 Å². The van der Waals surface area contributed by atoms with Gasteiger partial charge in [0.15, 0.2) is 0 Å². The average Bonchev–Trinajstić information content (AvgIpc) is 2.82. The summed E-state index contributed by atoms with van der Waals surface area (Å²) in [7, 11) is 0. The number of amides is 1. The van der Waals surface area contributed by atoms with Gasteiger partial charge in [0.1, 0.15) is 5.75 Å². The number of benzene rings is 1. The molecule has 1 aromatic carbocycles. The summed E-state index contributed by atoms with van der Waals surface area (Å²) in [6, 6.07) is 4.43. The highest BCUT2D eigenvalue weighted by atomic mass is 19.3. The van der Waals surface area contributed by atoms with E-state index in [9.17, 15) is 18.7 Å². The highest BCUT2D eigenvalue weighted by molar-refractivity contribution is 6.09. The van der Waals surface area contributed by atoms with Gasteiger partial charge < -0.3 is 16.6 Å². The molecule has 0 fully saturated rings. The van der Waals surface area contributed by atoms with Gasteiger partial charge in [0, 0.05) is 23.6 Å². The maximum Gasteiger partial charge on any atom is 0.272 e. The Morgan fingerprint density at radius 2 is 1.89 bits per heavy atom. The normalized spacial score (nSPS) is 11.9. The summed E-state index contributed by atoms with van der Waals surface area (Å²) in [5.41, 5.74) is 13.7. The van der Waals surface area contributed by atoms with Crippen LogP contribution in [0.5, 0.6) is 5.75 Å². The zero-order chi connectivity index (χ0) is 20.3. The minimum atomic E-state index is -3.15. The molecule has 2 aromatic heterocycles. The Morgan fingerprint density at radius 1 is 1.26 bits per heavy atom. The second-order valence-corrected chi connectivity index (χ2v) is 6.73. The predicted molar refractivity (Wildman–Crippen MR) is 99.0 cm³/mol. The molecule has 0 saturated carbocycles. The molecule has 1 amide bonds. The third-order valence-electron chi connectivity index (χ3n) is 4.74. The SMILES string of the molecule is Cc1ccc(O)c(C)c1-c1c(N)c(C(N)=O)c2cc(C(C)(F)F)c(C)nn12. The van der Waals surface area contributed by atoms with E-state index in [1.807, 2.05) is 6.92 Å². The molecule has 0 aliphatic heterocycles. The molecule has 0 saturated heterocycles. The molecule has 0 atom stereocenters. The first-order valence-electron chi connectivity index (χ1n) is 8.24. The molecular formula is C19H20F2N4O2. The summed E-state index contributed by atoms with van der Waals surface area (Å²) in [5.74, 6) is -3.95. The molecule has 27 heavy (non-hydrogen) atoms. The summed E-state index contributed by atoms with van der Waals surface area (Å²) in [6.07, 6.45) is 0. The fourth-order valence-corrected chi connectivity index (χ4v) is 3.42. The number of nitrogens with zero attached hydrogens (tertiary/aromatic N) is 2. The second kappa shape index (κ2) is 5.94. The van der Waals surface area contributed by atoms with Gasteiger partial charge in [-0.25, -0.2) is 13.3 Å². The van der Waals surface area contributed by atoms with Crippen molar-refractivity contribution in [3.8, 4) is 17.0 Å². The maximum atomic E-state index is 14.0. The number of halogens is 2. The number of phenols is 1. The van der Waals surface area contributed by atoms with Gasteiger partial charge in [0.25, 0.3) is 11.8 Å². The predicted octanol–water partition coefficient (Wildman–Crippen LogP) is 3.42. The molecule has 2 heterocycles. The lowest BCUT2D eigenvalue weighted by Crippen LogP contribution is -2.15. The second-order valence-electron chi connectivity index (χ2n) is 6.73. The molecule has 6 nitrogen and oxygen atoms in total. The lowest BCUT2D eigenvalue weighted by Gasteiger charge is -2.15. The van der Waals surface area contributed by atoms with Gasteiger partial charge in [-0.15, -0.1) is 0 Å². The zero-order valence-electron chi connectivity index (χ0n) is 15.4. The van der Waals surface area contributed by atoms with Crippen LogP contribution in [0, 0.1) is 20.8 Å². The molecule has 0 unspecified atom stereocenters. The molecule has 0 radical (unpaired) electrons. The van der Waals surface area contributed by atoms with Crippen molar-refractivity contribution in [2.24, 2.45) is 5.73 Å². The van der Waals surface area contributed by atoms with E-state index >= 15 is 0 Å². The van der Waals surface area contributed by atoms with Crippen LogP contribution in [-0.2, 0) is 5.92 Å². The van der Waals surface area contributed by atoms with Crippen molar-refractivity contribution in [3.05, 3.63) is 46.1 Å². The van der Waals surface area contributed by atoms with Gasteiger partial charge in [0.2, 0.25) is 0 Å². The molecule has 142 valence electrons. The van der Waals surface area contributed by atoms with Gasteiger partial charge in [-0.2, -0.15) is 5.10 Å². The third-order valence-corrected chi connectivity index (χ3v) is 4.74. The minimum Gasteiger partial charge on any atom is -0.508 e. The van der Waals surface area contributed by atoms with Gasteiger partial charge in [-0.1, -0.05) is 6.07 Å². The third kappa shape index (κ3) is 2.77. The first-order chi connectivity index (χ1) is 12.4. The van der Waals surface area contributed by atoms with Crippen LogP contribution in [0.25, 0.3) is 16.8 Å². The number of rotatable bonds is 3. The van der Waals surface area contributed by atoms with Crippen LogP contribution in [-0.4, -0.2) is 20.6 Å². The molecule has 0 spiro atoms. The highest BCUT2D eigenvalue weighted by Crippen LogP contribution is 2.41. The Morgan fingerprint density at radius 3 is 2.44 bits per heavy atom. The zero-order valence-corrected chi connectivity index (χ0v) is 15.4. The van der Waals surface area contributed by atoms with E-state index in [4.69, 9.17) is 11.5 Å². The molecule has 0 bridgehead atoms. The number of aromatic hydroxyl groups is 1. The number of carbonyl (C=O) groups excluding carboxylic acids is 1. The van der Waals surface area contributed by atoms with Crippen LogP contribution >= 0.6 is 0 Å². The minimum absolute atomic E-state index is 0.0303. The average molecular weight is 374 g/mol. The standard InChI is InChI=1S/C19H20F2N4O2/c1-8-5-6-13(26)9(2)14(8)17-16(22)15(18(23)27)12-7-11(19(4,20)21)10(3)24-25(12)17/h5-7,26H,22H2,1-4H3,(H2,23,27). The smallest absolute Gasteiger partial charge is 0.272 e. The van der Waals surface area contributed by atoms with Gasteiger partial charge in [-0.3, -0.25) is 4.79 Å².